The fourth-order valence-electron chi connectivity index (χ4n) is 6.82. The lowest BCUT2D eigenvalue weighted by Crippen LogP contribution is -2.45. The van der Waals surface area contributed by atoms with E-state index in [-0.39, 0.29) is 48.1 Å². The molecule has 2 atom stereocenters. The number of aromatic nitrogens is 4. The highest BCUT2D eigenvalue weighted by Gasteiger charge is 2.40. The van der Waals surface area contributed by atoms with Crippen molar-refractivity contribution >= 4 is 29.0 Å². The maximum Gasteiger partial charge on any atom is 0.490 e. The smallest absolute Gasteiger partial charge is 0.475 e. The second kappa shape index (κ2) is 12.9. The van der Waals surface area contributed by atoms with Gasteiger partial charge in [0.2, 0.25) is 11.9 Å². The predicted octanol–water partition coefficient (Wildman–Crippen LogP) is 1.80. The number of hydrogen-bond donors (Lipinski definition) is 3. The number of benzene rings is 2. The van der Waals surface area contributed by atoms with Crippen LogP contribution in [0.5, 0.6) is 0 Å². The monoisotopic (exact) mass is 671 g/mol. The molecular formula is C32H33F4N7O5. The van der Waals surface area contributed by atoms with Crippen molar-refractivity contribution in [2.24, 2.45) is 13.0 Å². The highest BCUT2D eigenvalue weighted by molar-refractivity contribution is 5.78. The van der Waals surface area contributed by atoms with E-state index in [4.69, 9.17) is 14.9 Å². The lowest BCUT2D eigenvalue weighted by molar-refractivity contribution is -0.192. The van der Waals surface area contributed by atoms with Gasteiger partial charge in [-0.1, -0.05) is 36.4 Å². The van der Waals surface area contributed by atoms with Gasteiger partial charge >= 0.3 is 17.8 Å². The number of carboxylic acids is 1. The molecule has 4 aromatic rings. The summed E-state index contributed by atoms with van der Waals surface area (Å²) in [5.41, 5.74) is 2.57. The summed E-state index contributed by atoms with van der Waals surface area (Å²) in [6.45, 7) is 2.43. The minimum Gasteiger partial charge on any atom is -0.475 e. The number of carbonyl (C=O) groups is 2. The molecule has 2 aromatic heterocycles. The number of alkyl halides is 3. The van der Waals surface area contributed by atoms with Crippen LogP contribution in [0.4, 0.5) is 23.5 Å². The van der Waals surface area contributed by atoms with Crippen molar-refractivity contribution in [1.82, 2.24) is 29.3 Å². The molecule has 7 rings (SSSR count). The van der Waals surface area contributed by atoms with Crippen molar-refractivity contribution in [1.29, 1.82) is 0 Å². The zero-order valence-electron chi connectivity index (χ0n) is 25.8. The number of aryl methyl sites for hydroxylation is 1. The van der Waals surface area contributed by atoms with Gasteiger partial charge in [0.1, 0.15) is 12.4 Å². The van der Waals surface area contributed by atoms with Gasteiger partial charge < -0.3 is 20.6 Å². The molecule has 2 aromatic carbocycles. The first-order valence-corrected chi connectivity index (χ1v) is 15.4. The Hall–Kier alpha value is -4.99. The van der Waals surface area contributed by atoms with Gasteiger partial charge in [0.05, 0.1) is 6.54 Å². The summed E-state index contributed by atoms with van der Waals surface area (Å²) in [6, 6.07) is 14.4. The molecule has 3 aliphatic rings. The van der Waals surface area contributed by atoms with E-state index in [1.165, 1.54) is 27.8 Å². The summed E-state index contributed by atoms with van der Waals surface area (Å²) in [5.74, 6) is -2.39. The van der Waals surface area contributed by atoms with Crippen molar-refractivity contribution in [3.8, 4) is 0 Å². The lowest BCUT2D eigenvalue weighted by atomic mass is 10.1. The Morgan fingerprint density at radius 2 is 1.67 bits per heavy atom. The van der Waals surface area contributed by atoms with Crippen LogP contribution in [0.3, 0.4) is 0 Å². The molecule has 4 heterocycles. The van der Waals surface area contributed by atoms with Gasteiger partial charge in [-0.25, -0.2) is 18.5 Å². The van der Waals surface area contributed by atoms with Gasteiger partial charge in [0, 0.05) is 38.8 Å². The molecular weight excluding hydrogens is 638 g/mol. The standard InChI is InChI=1S/C30H32FN7O3.C2HF3O2/c1-35-27-26(28(40)38(30(35)41)17-25(39)33-23-12-19-4-2-3-5-20(19)13-23)37(16-18-6-8-22(31)9-7-18)29(34-27)36-11-10-21-14-32-15-24(21)36;3-2(4,5)1(6)7/h2-9,21,23-24,32H,10-17H2,1H3,(H,33,39);(H,6,7). The minimum absolute atomic E-state index is 0.0816. The maximum absolute atomic E-state index is 14.0. The first kappa shape index (κ1) is 32.9. The topological polar surface area (TPSA) is 143 Å². The normalized spacial score (nSPS) is 18.8. The number of carboxylic acid groups (broad SMARTS) is 1. The van der Waals surface area contributed by atoms with Crippen LogP contribution < -0.4 is 26.8 Å². The first-order chi connectivity index (χ1) is 22.8. The van der Waals surface area contributed by atoms with Crippen LogP contribution in [0.25, 0.3) is 11.2 Å². The largest absolute Gasteiger partial charge is 0.490 e. The predicted molar refractivity (Wildman–Crippen MR) is 166 cm³/mol. The van der Waals surface area contributed by atoms with E-state index in [0.717, 1.165) is 36.2 Å². The van der Waals surface area contributed by atoms with Crippen LogP contribution in [0.2, 0.25) is 0 Å². The summed E-state index contributed by atoms with van der Waals surface area (Å²) < 4.78 is 49.6. The van der Waals surface area contributed by atoms with Crippen molar-refractivity contribution in [3.05, 3.63) is 91.9 Å². The number of carbonyl (C=O) groups excluding carboxylic acids is 1. The second-order valence-electron chi connectivity index (χ2n) is 12.2. The maximum atomic E-state index is 14.0. The average Bonchev–Trinajstić information content (AvgIpc) is 3.82. The number of rotatable bonds is 6. The van der Waals surface area contributed by atoms with Gasteiger partial charge in [0.15, 0.2) is 11.2 Å². The van der Waals surface area contributed by atoms with E-state index < -0.39 is 23.4 Å². The third-order valence-corrected chi connectivity index (χ3v) is 9.13. The molecule has 254 valence electrons. The number of amides is 1. The van der Waals surface area contributed by atoms with E-state index in [0.29, 0.717) is 24.7 Å². The summed E-state index contributed by atoms with van der Waals surface area (Å²) >= 11 is 0. The Morgan fingerprint density at radius 3 is 2.29 bits per heavy atom. The quantitative estimate of drug-likeness (QED) is 0.264. The number of hydrogen-bond acceptors (Lipinski definition) is 7. The van der Waals surface area contributed by atoms with Gasteiger partial charge in [0.25, 0.3) is 5.56 Å². The van der Waals surface area contributed by atoms with E-state index in [9.17, 15) is 31.9 Å². The summed E-state index contributed by atoms with van der Waals surface area (Å²) in [6.07, 6.45) is -2.64. The SMILES string of the molecule is Cn1c(=O)n(CC(=O)NC2Cc3ccccc3C2)c(=O)c2c1nc(N1CCC3CNCC31)n2Cc1ccc(F)cc1.O=C(O)C(F)(F)F. The van der Waals surface area contributed by atoms with E-state index in [2.05, 4.69) is 27.7 Å². The second-order valence-corrected chi connectivity index (χ2v) is 12.2. The van der Waals surface area contributed by atoms with Gasteiger partial charge in [-0.2, -0.15) is 18.2 Å². The third-order valence-electron chi connectivity index (χ3n) is 9.13. The molecule has 2 saturated heterocycles. The van der Waals surface area contributed by atoms with Crippen LogP contribution >= 0.6 is 0 Å². The highest BCUT2D eigenvalue weighted by Crippen LogP contribution is 2.33. The molecule has 0 bridgehead atoms. The van der Waals surface area contributed by atoms with Crippen molar-refractivity contribution in [2.45, 2.75) is 50.6 Å². The fraction of sp³-hybridized carbons (Fsp3) is 0.406. The molecule has 2 aliphatic heterocycles. The van der Waals surface area contributed by atoms with Crippen LogP contribution in [0.1, 0.15) is 23.1 Å². The number of halogens is 4. The van der Waals surface area contributed by atoms with Gasteiger partial charge in [-0.05, 0) is 54.0 Å². The Labute approximate surface area is 270 Å². The Kier molecular flexibility index (Phi) is 8.85. The van der Waals surface area contributed by atoms with E-state index in [1.54, 1.807) is 19.2 Å². The number of imidazole rings is 1. The molecule has 0 saturated carbocycles. The summed E-state index contributed by atoms with van der Waals surface area (Å²) in [7, 11) is 1.58. The number of aliphatic carboxylic acids is 1. The molecule has 2 unspecified atom stereocenters. The lowest BCUT2D eigenvalue weighted by Gasteiger charge is -2.25. The van der Waals surface area contributed by atoms with Gasteiger partial charge in [-0.3, -0.25) is 18.7 Å². The average molecular weight is 672 g/mol. The zero-order valence-corrected chi connectivity index (χ0v) is 25.8. The molecule has 12 nitrogen and oxygen atoms in total. The number of anilines is 1. The molecule has 1 amide bonds. The van der Waals surface area contributed by atoms with Crippen molar-refractivity contribution < 1.29 is 32.3 Å². The molecule has 1 aliphatic carbocycles. The highest BCUT2D eigenvalue weighted by atomic mass is 19.4. The van der Waals surface area contributed by atoms with Crippen LogP contribution in [0.15, 0.2) is 58.1 Å². The molecule has 2 fully saturated rings. The minimum atomic E-state index is -5.08. The fourth-order valence-corrected chi connectivity index (χ4v) is 6.82. The molecule has 48 heavy (non-hydrogen) atoms. The number of nitrogens with one attached hydrogen (secondary N) is 2. The first-order valence-electron chi connectivity index (χ1n) is 15.4. The van der Waals surface area contributed by atoms with E-state index >= 15 is 0 Å². The Morgan fingerprint density at radius 1 is 1.02 bits per heavy atom. The molecule has 3 N–H and O–H groups in total. The summed E-state index contributed by atoms with van der Waals surface area (Å²) in [4.78, 5) is 56.5. The Balaban J connectivity index is 0.000000519. The zero-order chi connectivity index (χ0) is 34.3. The summed E-state index contributed by atoms with van der Waals surface area (Å²) in [5, 5.41) is 13.6. The Bertz CT molecular complexity index is 1960. The van der Waals surface area contributed by atoms with Crippen molar-refractivity contribution in [2.75, 3.05) is 24.5 Å². The number of nitrogens with zero attached hydrogens (tertiary/aromatic N) is 5. The molecule has 16 heteroatoms. The number of fused-ring (bicyclic) bond motifs is 3. The van der Waals surface area contributed by atoms with Crippen LogP contribution in [0, 0.1) is 11.7 Å². The molecule has 0 radical (unpaired) electrons. The van der Waals surface area contributed by atoms with Crippen LogP contribution in [-0.4, -0.2) is 73.6 Å². The van der Waals surface area contributed by atoms with Gasteiger partial charge in [-0.15, -0.1) is 0 Å². The third kappa shape index (κ3) is 6.43. The van der Waals surface area contributed by atoms with Crippen LogP contribution in [-0.2, 0) is 42.6 Å². The molecule has 0 spiro atoms. The van der Waals surface area contributed by atoms with E-state index in [1.807, 2.05) is 16.7 Å². The van der Waals surface area contributed by atoms with Crippen molar-refractivity contribution in [3.63, 3.8) is 0 Å².